The van der Waals surface area contributed by atoms with Gasteiger partial charge >= 0.3 is 6.09 Å². The standard InChI is InChI=1S/C9H17NO3/c1-4-5-13-9(12)10-7(2)6-8(3)11/h4,7-8,11H,1,5-6H2,2-3H3,(H,10,12). The summed E-state index contributed by atoms with van der Waals surface area (Å²) in [7, 11) is 0. The first-order chi connectivity index (χ1) is 6.06. The van der Waals surface area contributed by atoms with Crippen LogP contribution in [0.5, 0.6) is 0 Å². The van der Waals surface area contributed by atoms with Gasteiger partial charge in [0, 0.05) is 6.04 Å². The average Bonchev–Trinajstić information content (AvgIpc) is 1.98. The van der Waals surface area contributed by atoms with Crippen molar-refractivity contribution in [3.63, 3.8) is 0 Å². The van der Waals surface area contributed by atoms with Gasteiger partial charge in [-0.1, -0.05) is 12.7 Å². The maximum atomic E-state index is 10.9. The molecule has 13 heavy (non-hydrogen) atoms. The molecule has 0 aromatic carbocycles. The molecule has 0 aromatic heterocycles. The molecule has 0 spiro atoms. The van der Waals surface area contributed by atoms with E-state index >= 15 is 0 Å². The molecule has 4 nitrogen and oxygen atoms in total. The Kier molecular flexibility index (Phi) is 5.97. The average molecular weight is 187 g/mol. The third-order valence-corrected chi connectivity index (χ3v) is 1.39. The van der Waals surface area contributed by atoms with Gasteiger partial charge in [-0.25, -0.2) is 4.79 Å². The molecular formula is C9H17NO3. The van der Waals surface area contributed by atoms with Crippen molar-refractivity contribution in [3.8, 4) is 0 Å². The lowest BCUT2D eigenvalue weighted by Gasteiger charge is -2.14. The molecule has 0 rings (SSSR count). The van der Waals surface area contributed by atoms with Gasteiger partial charge < -0.3 is 15.2 Å². The van der Waals surface area contributed by atoms with Crippen LogP contribution in [0, 0.1) is 0 Å². The van der Waals surface area contributed by atoms with Crippen molar-refractivity contribution in [2.24, 2.45) is 0 Å². The van der Waals surface area contributed by atoms with Crippen LogP contribution in [0.2, 0.25) is 0 Å². The molecular weight excluding hydrogens is 170 g/mol. The lowest BCUT2D eigenvalue weighted by Crippen LogP contribution is -2.35. The number of ether oxygens (including phenoxy) is 1. The summed E-state index contributed by atoms with van der Waals surface area (Å²) < 4.78 is 4.69. The zero-order valence-electron chi connectivity index (χ0n) is 8.12. The molecule has 0 saturated heterocycles. The van der Waals surface area contributed by atoms with E-state index < -0.39 is 12.2 Å². The van der Waals surface area contributed by atoms with Crippen LogP contribution in [0.3, 0.4) is 0 Å². The van der Waals surface area contributed by atoms with Crippen LogP contribution < -0.4 is 5.32 Å². The number of hydrogen-bond donors (Lipinski definition) is 2. The fourth-order valence-corrected chi connectivity index (χ4v) is 0.948. The number of aliphatic hydroxyl groups is 1. The van der Waals surface area contributed by atoms with E-state index in [2.05, 4.69) is 11.9 Å². The van der Waals surface area contributed by atoms with Crippen molar-refractivity contribution < 1.29 is 14.6 Å². The third-order valence-electron chi connectivity index (χ3n) is 1.39. The van der Waals surface area contributed by atoms with Gasteiger partial charge in [0.25, 0.3) is 0 Å². The number of amides is 1. The van der Waals surface area contributed by atoms with Gasteiger partial charge in [-0.2, -0.15) is 0 Å². The van der Waals surface area contributed by atoms with Crippen molar-refractivity contribution in [2.45, 2.75) is 32.4 Å². The number of aliphatic hydroxyl groups excluding tert-OH is 1. The Hall–Kier alpha value is -1.03. The summed E-state index contributed by atoms with van der Waals surface area (Å²) in [5.41, 5.74) is 0. The minimum absolute atomic E-state index is 0.0858. The smallest absolute Gasteiger partial charge is 0.407 e. The lowest BCUT2D eigenvalue weighted by molar-refractivity contribution is 0.143. The van der Waals surface area contributed by atoms with Crippen LogP contribution in [0.25, 0.3) is 0 Å². The van der Waals surface area contributed by atoms with Crippen molar-refractivity contribution in [3.05, 3.63) is 12.7 Å². The predicted octanol–water partition coefficient (Wildman–Crippen LogP) is 1.06. The van der Waals surface area contributed by atoms with Gasteiger partial charge in [-0.05, 0) is 20.3 Å². The Bertz CT molecular complexity index is 168. The van der Waals surface area contributed by atoms with Gasteiger partial charge in [0.05, 0.1) is 6.10 Å². The van der Waals surface area contributed by atoms with Gasteiger partial charge in [-0.15, -0.1) is 0 Å². The molecule has 76 valence electrons. The normalized spacial score (nSPS) is 14.4. The summed E-state index contributed by atoms with van der Waals surface area (Å²) in [4.78, 5) is 10.9. The number of rotatable bonds is 5. The fourth-order valence-electron chi connectivity index (χ4n) is 0.948. The third kappa shape index (κ3) is 7.33. The summed E-state index contributed by atoms with van der Waals surface area (Å²) in [6, 6.07) is -0.0858. The Morgan fingerprint density at radius 1 is 1.69 bits per heavy atom. The highest BCUT2D eigenvalue weighted by Crippen LogP contribution is 1.96. The molecule has 0 aliphatic rings. The molecule has 0 radical (unpaired) electrons. The quantitative estimate of drug-likeness (QED) is 0.633. The van der Waals surface area contributed by atoms with E-state index in [1.165, 1.54) is 6.08 Å². The van der Waals surface area contributed by atoms with E-state index in [9.17, 15) is 4.79 Å². The highest BCUT2D eigenvalue weighted by Gasteiger charge is 2.09. The van der Waals surface area contributed by atoms with E-state index in [0.717, 1.165) is 0 Å². The molecule has 1 amide bonds. The first-order valence-corrected chi connectivity index (χ1v) is 4.28. The van der Waals surface area contributed by atoms with Crippen LogP contribution in [-0.4, -0.2) is 30.0 Å². The number of hydrogen-bond acceptors (Lipinski definition) is 3. The molecule has 0 aliphatic heterocycles. The van der Waals surface area contributed by atoms with E-state index in [1.54, 1.807) is 6.92 Å². The molecule has 0 heterocycles. The van der Waals surface area contributed by atoms with Gasteiger partial charge in [0.2, 0.25) is 0 Å². The van der Waals surface area contributed by atoms with E-state index in [0.29, 0.717) is 6.42 Å². The summed E-state index contributed by atoms with van der Waals surface area (Å²) >= 11 is 0. The number of alkyl carbamates (subject to hydrolysis) is 1. The summed E-state index contributed by atoms with van der Waals surface area (Å²) in [5, 5.41) is 11.6. The second-order valence-electron chi connectivity index (χ2n) is 3.02. The molecule has 2 N–H and O–H groups in total. The lowest BCUT2D eigenvalue weighted by atomic mass is 10.2. The minimum atomic E-state index is -0.479. The molecule has 2 atom stereocenters. The SMILES string of the molecule is C=CCOC(=O)NC(C)CC(C)O. The highest BCUT2D eigenvalue weighted by molar-refractivity contribution is 5.67. The second kappa shape index (κ2) is 6.48. The van der Waals surface area contributed by atoms with Crippen LogP contribution in [0.15, 0.2) is 12.7 Å². The maximum absolute atomic E-state index is 10.9. The fraction of sp³-hybridized carbons (Fsp3) is 0.667. The monoisotopic (exact) mass is 187 g/mol. The Morgan fingerprint density at radius 2 is 2.31 bits per heavy atom. The number of carbonyl (C=O) groups excluding carboxylic acids is 1. The first kappa shape index (κ1) is 12.0. The second-order valence-corrected chi connectivity index (χ2v) is 3.02. The Morgan fingerprint density at radius 3 is 2.77 bits per heavy atom. The highest BCUT2D eigenvalue weighted by atomic mass is 16.5. The summed E-state index contributed by atoms with van der Waals surface area (Å²) in [6.07, 6.45) is 1.12. The number of carbonyl (C=O) groups is 1. The molecule has 0 aromatic rings. The molecule has 0 aliphatic carbocycles. The topological polar surface area (TPSA) is 58.6 Å². The van der Waals surface area contributed by atoms with Crippen molar-refractivity contribution in [1.82, 2.24) is 5.32 Å². The predicted molar refractivity (Wildman–Crippen MR) is 50.4 cm³/mol. The molecule has 0 bridgehead atoms. The zero-order valence-corrected chi connectivity index (χ0v) is 8.12. The van der Waals surface area contributed by atoms with E-state index in [1.807, 2.05) is 6.92 Å². The van der Waals surface area contributed by atoms with E-state index in [-0.39, 0.29) is 12.6 Å². The van der Waals surface area contributed by atoms with Gasteiger partial charge in [-0.3, -0.25) is 0 Å². The summed E-state index contributed by atoms with van der Waals surface area (Å²) in [5.74, 6) is 0. The largest absolute Gasteiger partial charge is 0.445 e. The molecule has 2 unspecified atom stereocenters. The van der Waals surface area contributed by atoms with Crippen molar-refractivity contribution in [1.29, 1.82) is 0 Å². The van der Waals surface area contributed by atoms with Crippen molar-refractivity contribution >= 4 is 6.09 Å². The van der Waals surface area contributed by atoms with Gasteiger partial charge in [0.15, 0.2) is 0 Å². The minimum Gasteiger partial charge on any atom is -0.445 e. The van der Waals surface area contributed by atoms with Crippen LogP contribution in [0.4, 0.5) is 4.79 Å². The number of nitrogens with one attached hydrogen (secondary N) is 1. The first-order valence-electron chi connectivity index (χ1n) is 4.28. The Labute approximate surface area is 78.6 Å². The van der Waals surface area contributed by atoms with Crippen LogP contribution >= 0.6 is 0 Å². The zero-order chi connectivity index (χ0) is 10.3. The van der Waals surface area contributed by atoms with Gasteiger partial charge in [0.1, 0.15) is 6.61 Å². The molecule has 4 heteroatoms. The maximum Gasteiger partial charge on any atom is 0.407 e. The van der Waals surface area contributed by atoms with Crippen molar-refractivity contribution in [2.75, 3.05) is 6.61 Å². The Balaban J connectivity index is 3.58. The van der Waals surface area contributed by atoms with E-state index in [4.69, 9.17) is 9.84 Å². The summed E-state index contributed by atoms with van der Waals surface area (Å²) in [6.45, 7) is 7.10. The molecule has 0 saturated carbocycles. The van der Waals surface area contributed by atoms with Crippen LogP contribution in [0.1, 0.15) is 20.3 Å². The molecule has 0 fully saturated rings. The van der Waals surface area contributed by atoms with Crippen LogP contribution in [-0.2, 0) is 4.74 Å².